The van der Waals surface area contributed by atoms with Crippen LogP contribution in [0.25, 0.3) is 5.65 Å². The molecule has 8 nitrogen and oxygen atoms in total. The lowest BCUT2D eigenvalue weighted by Gasteiger charge is -2.38. The number of nitrogens with zero attached hydrogens (tertiary/aromatic N) is 5. The summed E-state index contributed by atoms with van der Waals surface area (Å²) in [4.78, 5) is 16.5. The Labute approximate surface area is 126 Å². The fourth-order valence-electron chi connectivity index (χ4n) is 2.48. The lowest BCUT2D eigenvalue weighted by molar-refractivity contribution is 0.238. The van der Waals surface area contributed by atoms with Crippen LogP contribution in [0.5, 0.6) is 0 Å². The number of thiocarbonyl (C=S) groups is 1. The predicted octanol–water partition coefficient (Wildman–Crippen LogP) is -0.786. The summed E-state index contributed by atoms with van der Waals surface area (Å²) in [7, 11) is 0. The number of piperazine rings is 1. The van der Waals surface area contributed by atoms with Crippen LogP contribution in [-0.2, 0) is 0 Å². The Bertz CT molecular complexity index is 716. The Hall–Kier alpha value is -2.00. The Morgan fingerprint density at radius 1 is 1.38 bits per heavy atom. The largest absolute Gasteiger partial charge is 0.392 e. The number of hydrogen-bond acceptors (Lipinski definition) is 6. The predicted molar refractivity (Wildman–Crippen MR) is 83.6 cm³/mol. The van der Waals surface area contributed by atoms with Crippen molar-refractivity contribution in [3.8, 4) is 0 Å². The molecule has 0 radical (unpaired) electrons. The van der Waals surface area contributed by atoms with Crippen LogP contribution < -0.4 is 16.3 Å². The van der Waals surface area contributed by atoms with Crippen LogP contribution in [-0.4, -0.2) is 61.9 Å². The third-order valence-electron chi connectivity index (χ3n) is 3.86. The van der Waals surface area contributed by atoms with Gasteiger partial charge in [0.1, 0.15) is 5.82 Å². The summed E-state index contributed by atoms with van der Waals surface area (Å²) in [5, 5.41) is 10.6. The highest BCUT2D eigenvalue weighted by Gasteiger charge is 2.23. The lowest BCUT2D eigenvalue weighted by Crippen LogP contribution is -2.53. The number of fused-ring (bicyclic) bond motifs is 1. The fraction of sp³-hybridized carbons (Fsp3) is 0.500. The Kier molecular flexibility index (Phi) is 3.60. The molecule has 1 unspecified atom stereocenters. The molecule has 1 aliphatic heterocycles. The van der Waals surface area contributed by atoms with Crippen LogP contribution in [0, 0.1) is 0 Å². The van der Waals surface area contributed by atoms with Gasteiger partial charge >= 0.3 is 5.69 Å². The maximum absolute atomic E-state index is 11.6. The first kappa shape index (κ1) is 14.0. The number of aromatic amines is 1. The molecule has 0 bridgehead atoms. The second-order valence-corrected chi connectivity index (χ2v) is 5.56. The Balaban J connectivity index is 1.75. The molecule has 3 heterocycles. The molecule has 3 N–H and O–H groups in total. The van der Waals surface area contributed by atoms with Crippen LogP contribution in [0.4, 0.5) is 5.82 Å². The molecule has 112 valence electrons. The zero-order valence-corrected chi connectivity index (χ0v) is 12.5. The van der Waals surface area contributed by atoms with E-state index in [4.69, 9.17) is 18.0 Å². The Morgan fingerprint density at radius 2 is 2.10 bits per heavy atom. The van der Waals surface area contributed by atoms with Crippen molar-refractivity contribution in [2.45, 2.75) is 13.0 Å². The molecule has 21 heavy (non-hydrogen) atoms. The highest BCUT2D eigenvalue weighted by molar-refractivity contribution is 7.80. The van der Waals surface area contributed by atoms with E-state index in [1.165, 1.54) is 4.52 Å². The van der Waals surface area contributed by atoms with Gasteiger partial charge in [-0.25, -0.2) is 9.89 Å². The van der Waals surface area contributed by atoms with Crippen molar-refractivity contribution in [2.75, 3.05) is 31.1 Å². The minimum absolute atomic E-state index is 0.106. The normalized spacial score (nSPS) is 18.0. The van der Waals surface area contributed by atoms with Crippen molar-refractivity contribution in [1.29, 1.82) is 0 Å². The average molecular weight is 307 g/mol. The molecule has 0 aromatic carbocycles. The molecule has 0 saturated carbocycles. The van der Waals surface area contributed by atoms with Gasteiger partial charge in [0.15, 0.2) is 5.65 Å². The zero-order valence-electron chi connectivity index (χ0n) is 11.7. The molecule has 1 fully saturated rings. The van der Waals surface area contributed by atoms with E-state index in [0.29, 0.717) is 10.6 Å². The van der Waals surface area contributed by atoms with Gasteiger partial charge in [0.25, 0.3) is 0 Å². The third-order valence-corrected chi connectivity index (χ3v) is 4.20. The van der Waals surface area contributed by atoms with Gasteiger partial charge in [-0.2, -0.15) is 9.61 Å². The first-order valence-electron chi connectivity index (χ1n) is 6.79. The van der Waals surface area contributed by atoms with E-state index >= 15 is 0 Å². The van der Waals surface area contributed by atoms with E-state index in [9.17, 15) is 4.79 Å². The molecule has 2 aromatic rings. The second kappa shape index (κ2) is 5.41. The zero-order chi connectivity index (χ0) is 15.0. The van der Waals surface area contributed by atoms with E-state index in [1.807, 2.05) is 13.0 Å². The van der Waals surface area contributed by atoms with Gasteiger partial charge in [-0.15, -0.1) is 5.10 Å². The number of aromatic nitrogens is 4. The molecule has 2 aromatic heterocycles. The lowest BCUT2D eigenvalue weighted by atomic mass is 10.2. The van der Waals surface area contributed by atoms with Gasteiger partial charge in [0.05, 0.1) is 11.0 Å². The summed E-state index contributed by atoms with van der Waals surface area (Å²) in [6.45, 7) is 5.38. The minimum Gasteiger partial charge on any atom is -0.392 e. The molecular formula is C12H17N7OS. The molecule has 0 amide bonds. The molecule has 3 rings (SSSR count). The minimum atomic E-state index is -0.326. The van der Waals surface area contributed by atoms with Crippen molar-refractivity contribution in [3.63, 3.8) is 0 Å². The van der Waals surface area contributed by atoms with Gasteiger partial charge < -0.3 is 10.6 Å². The Morgan fingerprint density at radius 3 is 2.76 bits per heavy atom. The summed E-state index contributed by atoms with van der Waals surface area (Å²) < 4.78 is 1.28. The van der Waals surface area contributed by atoms with E-state index in [1.54, 1.807) is 6.07 Å². The monoisotopic (exact) mass is 307 g/mol. The highest BCUT2D eigenvalue weighted by Crippen LogP contribution is 2.14. The van der Waals surface area contributed by atoms with E-state index in [-0.39, 0.29) is 11.7 Å². The molecule has 9 heteroatoms. The first-order chi connectivity index (χ1) is 10.1. The summed E-state index contributed by atoms with van der Waals surface area (Å²) >= 11 is 5.04. The van der Waals surface area contributed by atoms with Crippen LogP contribution in [0.3, 0.4) is 0 Å². The summed E-state index contributed by atoms with van der Waals surface area (Å²) in [6, 6.07) is 3.76. The van der Waals surface area contributed by atoms with Crippen LogP contribution in [0.1, 0.15) is 6.92 Å². The molecule has 0 aliphatic carbocycles. The van der Waals surface area contributed by atoms with Crippen molar-refractivity contribution in [1.82, 2.24) is 24.7 Å². The number of nitrogens with two attached hydrogens (primary N) is 1. The smallest absolute Gasteiger partial charge is 0.364 e. The molecular weight excluding hydrogens is 290 g/mol. The highest BCUT2D eigenvalue weighted by atomic mass is 32.1. The maximum Gasteiger partial charge on any atom is 0.364 e. The molecule has 0 spiro atoms. The maximum atomic E-state index is 11.6. The number of nitrogens with one attached hydrogen (secondary N) is 1. The van der Waals surface area contributed by atoms with Gasteiger partial charge in [-0.05, 0) is 19.1 Å². The van der Waals surface area contributed by atoms with Crippen LogP contribution in [0.15, 0.2) is 16.9 Å². The van der Waals surface area contributed by atoms with E-state index < -0.39 is 0 Å². The van der Waals surface area contributed by atoms with Crippen molar-refractivity contribution in [2.24, 2.45) is 5.73 Å². The quantitative estimate of drug-likeness (QED) is 0.718. The van der Waals surface area contributed by atoms with Gasteiger partial charge in [0.2, 0.25) is 0 Å². The van der Waals surface area contributed by atoms with Crippen LogP contribution >= 0.6 is 12.2 Å². The standard InChI is InChI=1S/C12H17N7OS/c1-8(11(13)21)17-4-6-18(7-5-17)10-3-2-9-14-15-12(20)19(9)16-10/h2-3,8H,4-7H2,1H3,(H2,13,21)(H,15,20). The number of H-pyrrole nitrogens is 1. The van der Waals surface area contributed by atoms with Crippen molar-refractivity contribution in [3.05, 3.63) is 22.6 Å². The van der Waals surface area contributed by atoms with E-state index in [0.717, 1.165) is 32.0 Å². The van der Waals surface area contributed by atoms with Crippen molar-refractivity contribution >= 4 is 28.7 Å². The first-order valence-corrected chi connectivity index (χ1v) is 7.20. The second-order valence-electron chi connectivity index (χ2n) is 5.09. The number of rotatable bonds is 3. The molecule has 1 atom stereocenters. The summed E-state index contributed by atoms with van der Waals surface area (Å²) in [5.74, 6) is 0.772. The summed E-state index contributed by atoms with van der Waals surface area (Å²) in [5.41, 5.74) is 5.89. The number of hydrogen-bond donors (Lipinski definition) is 2. The molecule has 1 saturated heterocycles. The van der Waals surface area contributed by atoms with Gasteiger partial charge in [0, 0.05) is 26.2 Å². The third kappa shape index (κ3) is 2.61. The topological polar surface area (TPSA) is 95.5 Å². The molecule has 1 aliphatic rings. The van der Waals surface area contributed by atoms with Crippen molar-refractivity contribution < 1.29 is 0 Å². The SMILES string of the molecule is CC(C(N)=S)N1CCN(c2ccc3n[nH]c(=O)n3n2)CC1. The van der Waals surface area contributed by atoms with Gasteiger partial charge in [-0.3, -0.25) is 4.90 Å². The van der Waals surface area contributed by atoms with Gasteiger partial charge in [-0.1, -0.05) is 12.2 Å². The summed E-state index contributed by atoms with van der Waals surface area (Å²) in [6.07, 6.45) is 0. The number of anilines is 1. The van der Waals surface area contributed by atoms with E-state index in [2.05, 4.69) is 25.1 Å². The fourth-order valence-corrected chi connectivity index (χ4v) is 2.63. The van der Waals surface area contributed by atoms with Crippen LogP contribution in [0.2, 0.25) is 0 Å². The average Bonchev–Trinajstić information content (AvgIpc) is 2.87.